The van der Waals surface area contributed by atoms with Crippen LogP contribution in [0.2, 0.25) is 0 Å². The van der Waals surface area contributed by atoms with Crippen molar-refractivity contribution in [1.82, 2.24) is 4.90 Å². The van der Waals surface area contributed by atoms with Crippen molar-refractivity contribution in [2.24, 2.45) is 5.41 Å². The van der Waals surface area contributed by atoms with E-state index in [1.54, 1.807) is 0 Å². The lowest BCUT2D eigenvalue weighted by Gasteiger charge is -2.33. The number of ether oxygens (including phenoxy) is 1. The number of hydrogen-bond acceptors (Lipinski definition) is 2. The third kappa shape index (κ3) is 2.05. The molecule has 2 rings (SSSR count). The molecule has 0 aliphatic carbocycles. The van der Waals surface area contributed by atoms with Crippen LogP contribution in [0.4, 0.5) is 0 Å². The zero-order valence-corrected chi connectivity index (χ0v) is 8.72. The average Bonchev–Trinajstić information content (AvgIpc) is 2.51. The van der Waals surface area contributed by atoms with E-state index in [1.165, 1.54) is 45.3 Å². The van der Waals surface area contributed by atoms with Crippen LogP contribution in [0.15, 0.2) is 0 Å². The maximum absolute atomic E-state index is 5.43. The SMILES string of the molecule is CCCN1CCC2(CCOCC2)C1. The first kappa shape index (κ1) is 9.47. The maximum Gasteiger partial charge on any atom is 0.0471 e. The van der Waals surface area contributed by atoms with Crippen LogP contribution in [0, 0.1) is 5.41 Å². The van der Waals surface area contributed by atoms with Gasteiger partial charge in [-0.2, -0.15) is 0 Å². The highest BCUT2D eigenvalue weighted by Crippen LogP contribution is 2.39. The van der Waals surface area contributed by atoms with Crippen molar-refractivity contribution in [2.45, 2.75) is 32.6 Å². The Balaban J connectivity index is 1.87. The summed E-state index contributed by atoms with van der Waals surface area (Å²) in [5.41, 5.74) is 0.646. The highest BCUT2D eigenvalue weighted by Gasteiger charge is 2.38. The Morgan fingerprint density at radius 3 is 2.69 bits per heavy atom. The minimum Gasteiger partial charge on any atom is -0.381 e. The normalized spacial score (nSPS) is 28.4. The van der Waals surface area contributed by atoms with Gasteiger partial charge in [-0.15, -0.1) is 0 Å². The van der Waals surface area contributed by atoms with Gasteiger partial charge in [0.2, 0.25) is 0 Å². The molecule has 0 unspecified atom stereocenters. The van der Waals surface area contributed by atoms with E-state index in [-0.39, 0.29) is 0 Å². The van der Waals surface area contributed by atoms with Gasteiger partial charge < -0.3 is 9.64 Å². The average molecular weight is 183 g/mol. The maximum atomic E-state index is 5.43. The molecule has 0 radical (unpaired) electrons. The summed E-state index contributed by atoms with van der Waals surface area (Å²) < 4.78 is 5.43. The Morgan fingerprint density at radius 2 is 2.00 bits per heavy atom. The molecule has 2 saturated heterocycles. The van der Waals surface area contributed by atoms with Gasteiger partial charge in [0.1, 0.15) is 0 Å². The molecular weight excluding hydrogens is 162 g/mol. The minimum atomic E-state index is 0.646. The van der Waals surface area contributed by atoms with E-state index < -0.39 is 0 Å². The fourth-order valence-electron chi connectivity index (χ4n) is 2.75. The summed E-state index contributed by atoms with van der Waals surface area (Å²) in [5, 5.41) is 0. The van der Waals surface area contributed by atoms with Crippen LogP contribution in [-0.4, -0.2) is 37.7 Å². The molecular formula is C11H21NO. The molecule has 2 fully saturated rings. The molecule has 0 bridgehead atoms. The molecule has 2 nitrogen and oxygen atoms in total. The van der Waals surface area contributed by atoms with Crippen LogP contribution >= 0.6 is 0 Å². The lowest BCUT2D eigenvalue weighted by Crippen LogP contribution is -2.33. The quantitative estimate of drug-likeness (QED) is 0.648. The van der Waals surface area contributed by atoms with Gasteiger partial charge in [-0.05, 0) is 44.2 Å². The van der Waals surface area contributed by atoms with Gasteiger partial charge in [0, 0.05) is 19.8 Å². The molecule has 76 valence electrons. The Kier molecular flexibility index (Phi) is 2.89. The molecule has 0 aromatic carbocycles. The van der Waals surface area contributed by atoms with Gasteiger partial charge in [-0.3, -0.25) is 0 Å². The molecule has 0 atom stereocenters. The molecule has 13 heavy (non-hydrogen) atoms. The monoisotopic (exact) mass is 183 g/mol. The second-order valence-corrected chi connectivity index (χ2v) is 4.64. The number of likely N-dealkylation sites (tertiary alicyclic amines) is 1. The van der Waals surface area contributed by atoms with Crippen molar-refractivity contribution in [1.29, 1.82) is 0 Å². The first-order valence-electron chi connectivity index (χ1n) is 5.65. The van der Waals surface area contributed by atoms with E-state index in [0.717, 1.165) is 13.2 Å². The van der Waals surface area contributed by atoms with Gasteiger partial charge >= 0.3 is 0 Å². The highest BCUT2D eigenvalue weighted by molar-refractivity contribution is 4.91. The van der Waals surface area contributed by atoms with Crippen LogP contribution in [0.5, 0.6) is 0 Å². The molecule has 2 aliphatic heterocycles. The van der Waals surface area contributed by atoms with Crippen molar-refractivity contribution >= 4 is 0 Å². The summed E-state index contributed by atoms with van der Waals surface area (Å²) >= 11 is 0. The summed E-state index contributed by atoms with van der Waals surface area (Å²) in [6, 6.07) is 0. The topological polar surface area (TPSA) is 12.5 Å². The lowest BCUT2D eigenvalue weighted by molar-refractivity contribution is 0.0194. The van der Waals surface area contributed by atoms with Gasteiger partial charge in [0.25, 0.3) is 0 Å². The molecule has 2 heteroatoms. The van der Waals surface area contributed by atoms with E-state index in [0.29, 0.717) is 5.41 Å². The fraction of sp³-hybridized carbons (Fsp3) is 1.00. The molecule has 1 spiro atoms. The summed E-state index contributed by atoms with van der Waals surface area (Å²) in [6.07, 6.45) is 5.31. The predicted octanol–water partition coefficient (Wildman–Crippen LogP) is 1.90. The van der Waals surface area contributed by atoms with Gasteiger partial charge in [-0.25, -0.2) is 0 Å². The number of nitrogens with zero attached hydrogens (tertiary/aromatic N) is 1. The van der Waals surface area contributed by atoms with Crippen LogP contribution in [-0.2, 0) is 4.74 Å². The third-order valence-corrected chi connectivity index (χ3v) is 3.61. The molecule has 2 aliphatic rings. The van der Waals surface area contributed by atoms with E-state index in [1.807, 2.05) is 0 Å². The summed E-state index contributed by atoms with van der Waals surface area (Å²) in [6.45, 7) is 8.23. The first-order chi connectivity index (χ1) is 6.35. The predicted molar refractivity (Wildman–Crippen MR) is 53.8 cm³/mol. The Hall–Kier alpha value is -0.0800. The lowest BCUT2D eigenvalue weighted by atomic mass is 9.80. The van der Waals surface area contributed by atoms with Crippen molar-refractivity contribution in [3.63, 3.8) is 0 Å². The Bertz CT molecular complexity index is 163. The van der Waals surface area contributed by atoms with E-state index in [2.05, 4.69) is 11.8 Å². The van der Waals surface area contributed by atoms with Gasteiger partial charge in [-0.1, -0.05) is 6.92 Å². The smallest absolute Gasteiger partial charge is 0.0471 e. The summed E-state index contributed by atoms with van der Waals surface area (Å²) in [4.78, 5) is 2.63. The largest absolute Gasteiger partial charge is 0.381 e. The highest BCUT2D eigenvalue weighted by atomic mass is 16.5. The van der Waals surface area contributed by atoms with E-state index >= 15 is 0 Å². The van der Waals surface area contributed by atoms with Crippen LogP contribution in [0.1, 0.15) is 32.6 Å². The molecule has 2 heterocycles. The first-order valence-corrected chi connectivity index (χ1v) is 5.65. The van der Waals surface area contributed by atoms with E-state index in [9.17, 15) is 0 Å². The van der Waals surface area contributed by atoms with Gasteiger partial charge in [0.15, 0.2) is 0 Å². The third-order valence-electron chi connectivity index (χ3n) is 3.61. The number of hydrogen-bond donors (Lipinski definition) is 0. The molecule has 0 amide bonds. The molecule has 0 aromatic heterocycles. The van der Waals surface area contributed by atoms with Gasteiger partial charge in [0.05, 0.1) is 0 Å². The summed E-state index contributed by atoms with van der Waals surface area (Å²) in [7, 11) is 0. The second kappa shape index (κ2) is 3.97. The Labute approximate surface area is 81.3 Å². The molecule has 0 aromatic rings. The standard InChI is InChI=1S/C11H21NO/c1-2-6-12-7-3-11(10-12)4-8-13-9-5-11/h2-10H2,1H3. The second-order valence-electron chi connectivity index (χ2n) is 4.64. The molecule has 0 N–H and O–H groups in total. The van der Waals surface area contributed by atoms with Crippen molar-refractivity contribution in [3.05, 3.63) is 0 Å². The van der Waals surface area contributed by atoms with Crippen molar-refractivity contribution in [2.75, 3.05) is 32.8 Å². The minimum absolute atomic E-state index is 0.646. The van der Waals surface area contributed by atoms with Crippen molar-refractivity contribution in [3.8, 4) is 0 Å². The van der Waals surface area contributed by atoms with Crippen LogP contribution in [0.25, 0.3) is 0 Å². The zero-order chi connectivity index (χ0) is 9.15. The van der Waals surface area contributed by atoms with E-state index in [4.69, 9.17) is 4.74 Å². The summed E-state index contributed by atoms with van der Waals surface area (Å²) in [5.74, 6) is 0. The Morgan fingerprint density at radius 1 is 1.23 bits per heavy atom. The number of rotatable bonds is 2. The van der Waals surface area contributed by atoms with Crippen LogP contribution in [0.3, 0.4) is 0 Å². The fourth-order valence-corrected chi connectivity index (χ4v) is 2.75. The van der Waals surface area contributed by atoms with Crippen LogP contribution < -0.4 is 0 Å². The van der Waals surface area contributed by atoms with Crippen molar-refractivity contribution < 1.29 is 4.74 Å². The zero-order valence-electron chi connectivity index (χ0n) is 8.72. The molecule has 0 saturated carbocycles.